The van der Waals surface area contributed by atoms with Crippen LogP contribution in [0.4, 0.5) is 0 Å². The summed E-state index contributed by atoms with van der Waals surface area (Å²) < 4.78 is 0. The Hall–Kier alpha value is -1.33. The van der Waals surface area contributed by atoms with E-state index in [9.17, 15) is 14.9 Å². The molecule has 0 aliphatic carbocycles. The van der Waals surface area contributed by atoms with Gasteiger partial charge in [0.05, 0.1) is 0 Å². The van der Waals surface area contributed by atoms with Gasteiger partial charge in [0.2, 0.25) is 6.41 Å². The number of carbonyl (C=O) groups is 1. The maximum atomic E-state index is 9.51. The third kappa shape index (κ3) is 6.67. The van der Waals surface area contributed by atoms with Gasteiger partial charge in [-0.1, -0.05) is 0 Å². The molecule has 0 saturated carbocycles. The molecule has 0 aliphatic heterocycles. The number of nitrogens with zero attached hydrogens (tertiary/aromatic N) is 1. The zero-order valence-corrected chi connectivity index (χ0v) is 4.57. The molecule has 0 spiro atoms. The van der Waals surface area contributed by atoms with Gasteiger partial charge in [0.25, 0.3) is 5.09 Å². The normalized spacial score (nSPS) is 8.00. The van der Waals surface area contributed by atoms with Crippen molar-refractivity contribution in [3.8, 4) is 0 Å². The Balaban J connectivity index is 2.91. The van der Waals surface area contributed by atoms with Crippen LogP contribution in [0.1, 0.15) is 0 Å². The molecule has 0 unspecified atom stereocenters. The van der Waals surface area contributed by atoms with Crippen LogP contribution in [-0.2, 0) is 9.63 Å². The number of carbonyl (C=O) groups excluding carboxylic acids is 1. The quantitative estimate of drug-likeness (QED) is 0.225. The molecule has 0 fully saturated rings. The molecule has 52 valence electrons. The van der Waals surface area contributed by atoms with Crippen LogP contribution in [-0.4, -0.2) is 24.6 Å². The molecule has 0 radical (unpaired) electrons. The van der Waals surface area contributed by atoms with E-state index in [1.54, 1.807) is 0 Å². The number of amides is 1. The molecule has 0 heterocycles. The van der Waals surface area contributed by atoms with Gasteiger partial charge in [-0.3, -0.25) is 4.79 Å². The van der Waals surface area contributed by atoms with Crippen LogP contribution in [0.15, 0.2) is 0 Å². The predicted octanol–water partition coefficient (Wildman–Crippen LogP) is -1.06. The second kappa shape index (κ2) is 4.82. The standard InChI is InChI=1S/C3H6N2O4/c6-3-4-1-2-9-5(7)8/h3H,1-2H2,(H,4,6). The first kappa shape index (κ1) is 7.67. The molecule has 0 bridgehead atoms. The number of hydrogen-bond donors (Lipinski definition) is 1. The molecule has 1 N–H and O–H groups in total. The van der Waals surface area contributed by atoms with Gasteiger partial charge >= 0.3 is 0 Å². The molecule has 6 heteroatoms. The Morgan fingerprint density at radius 1 is 1.78 bits per heavy atom. The molecule has 0 saturated heterocycles. The van der Waals surface area contributed by atoms with Crippen LogP contribution >= 0.6 is 0 Å². The van der Waals surface area contributed by atoms with E-state index in [2.05, 4.69) is 10.2 Å². The van der Waals surface area contributed by atoms with Crippen molar-refractivity contribution >= 4 is 6.41 Å². The summed E-state index contributed by atoms with van der Waals surface area (Å²) in [5, 5.41) is 10.7. The first-order valence-electron chi connectivity index (χ1n) is 2.21. The summed E-state index contributed by atoms with van der Waals surface area (Å²) in [5.41, 5.74) is 0. The average Bonchev–Trinajstić information content (AvgIpc) is 1.80. The Morgan fingerprint density at radius 2 is 2.44 bits per heavy atom. The van der Waals surface area contributed by atoms with Gasteiger partial charge in [-0.25, -0.2) is 0 Å². The van der Waals surface area contributed by atoms with E-state index in [4.69, 9.17) is 0 Å². The van der Waals surface area contributed by atoms with E-state index in [-0.39, 0.29) is 13.2 Å². The molecule has 0 aliphatic rings. The van der Waals surface area contributed by atoms with Crippen molar-refractivity contribution in [2.24, 2.45) is 0 Å². The fraction of sp³-hybridized carbons (Fsp3) is 0.667. The van der Waals surface area contributed by atoms with E-state index >= 15 is 0 Å². The van der Waals surface area contributed by atoms with Crippen LogP contribution in [0.5, 0.6) is 0 Å². The van der Waals surface area contributed by atoms with E-state index in [0.717, 1.165) is 0 Å². The first-order valence-corrected chi connectivity index (χ1v) is 2.21. The lowest BCUT2D eigenvalue weighted by atomic mass is 10.7. The van der Waals surface area contributed by atoms with Crippen LogP contribution < -0.4 is 5.32 Å². The van der Waals surface area contributed by atoms with Gasteiger partial charge in [-0.05, 0) is 0 Å². The van der Waals surface area contributed by atoms with Gasteiger partial charge in [0, 0.05) is 6.54 Å². The van der Waals surface area contributed by atoms with Crippen molar-refractivity contribution in [3.63, 3.8) is 0 Å². The summed E-state index contributed by atoms with van der Waals surface area (Å²) in [7, 11) is 0. The molecule has 0 atom stereocenters. The smallest absolute Gasteiger partial charge is 0.294 e. The summed E-state index contributed by atoms with van der Waals surface area (Å²) in [6.07, 6.45) is 0.448. The fourth-order valence-corrected chi connectivity index (χ4v) is 0.238. The Bertz CT molecular complexity index is 104. The fourth-order valence-electron chi connectivity index (χ4n) is 0.238. The zero-order valence-electron chi connectivity index (χ0n) is 4.57. The van der Waals surface area contributed by atoms with Gasteiger partial charge in [-0.15, -0.1) is 10.1 Å². The number of hydrogen-bond acceptors (Lipinski definition) is 4. The maximum Gasteiger partial charge on any atom is 0.294 e. The molecule has 9 heavy (non-hydrogen) atoms. The van der Waals surface area contributed by atoms with Gasteiger partial charge in [0.1, 0.15) is 6.61 Å². The highest BCUT2D eigenvalue weighted by molar-refractivity contribution is 5.45. The van der Waals surface area contributed by atoms with Crippen molar-refractivity contribution in [2.75, 3.05) is 13.2 Å². The second-order valence-electron chi connectivity index (χ2n) is 1.13. The van der Waals surface area contributed by atoms with Crippen LogP contribution in [0.2, 0.25) is 0 Å². The molecule has 0 aromatic carbocycles. The zero-order chi connectivity index (χ0) is 7.11. The van der Waals surface area contributed by atoms with Crippen molar-refractivity contribution in [2.45, 2.75) is 0 Å². The van der Waals surface area contributed by atoms with Crippen LogP contribution in [0, 0.1) is 10.1 Å². The summed E-state index contributed by atoms with van der Waals surface area (Å²) in [6.45, 7) is 0.0518. The van der Waals surface area contributed by atoms with Crippen molar-refractivity contribution in [1.82, 2.24) is 5.32 Å². The monoisotopic (exact) mass is 134 g/mol. The SMILES string of the molecule is O=CNCCO[N+](=O)[O-]. The Kier molecular flexibility index (Phi) is 4.11. The van der Waals surface area contributed by atoms with E-state index < -0.39 is 5.09 Å². The lowest BCUT2D eigenvalue weighted by Crippen LogP contribution is -2.19. The Labute approximate surface area is 50.9 Å². The molecule has 0 aromatic rings. The maximum absolute atomic E-state index is 9.51. The summed E-state index contributed by atoms with van der Waals surface area (Å²) >= 11 is 0. The van der Waals surface area contributed by atoms with Crippen molar-refractivity contribution < 1.29 is 14.7 Å². The highest BCUT2D eigenvalue weighted by atomic mass is 16.9. The lowest BCUT2D eigenvalue weighted by Gasteiger charge is -1.94. The van der Waals surface area contributed by atoms with Crippen LogP contribution in [0.25, 0.3) is 0 Å². The molecular weight excluding hydrogens is 128 g/mol. The highest BCUT2D eigenvalue weighted by Crippen LogP contribution is 1.69. The lowest BCUT2D eigenvalue weighted by molar-refractivity contribution is -0.757. The van der Waals surface area contributed by atoms with E-state index in [1.165, 1.54) is 0 Å². The minimum Gasteiger partial charge on any atom is -0.357 e. The summed E-state index contributed by atoms with van der Waals surface area (Å²) in [4.78, 5) is 22.8. The topological polar surface area (TPSA) is 81.5 Å². The molecule has 0 rings (SSSR count). The van der Waals surface area contributed by atoms with Crippen molar-refractivity contribution in [1.29, 1.82) is 0 Å². The molecule has 6 nitrogen and oxygen atoms in total. The Morgan fingerprint density at radius 3 is 2.89 bits per heavy atom. The molecular formula is C3H6N2O4. The molecule has 0 aromatic heterocycles. The highest BCUT2D eigenvalue weighted by Gasteiger charge is 1.90. The predicted molar refractivity (Wildman–Crippen MR) is 27.0 cm³/mol. The van der Waals surface area contributed by atoms with E-state index in [1.807, 2.05) is 0 Å². The average molecular weight is 134 g/mol. The van der Waals surface area contributed by atoms with E-state index in [0.29, 0.717) is 6.41 Å². The van der Waals surface area contributed by atoms with Gasteiger partial charge < -0.3 is 10.2 Å². The van der Waals surface area contributed by atoms with Gasteiger partial charge in [0.15, 0.2) is 0 Å². The van der Waals surface area contributed by atoms with Crippen LogP contribution in [0.3, 0.4) is 0 Å². The third-order valence-corrected chi connectivity index (χ3v) is 0.526. The summed E-state index contributed by atoms with van der Waals surface area (Å²) in [6, 6.07) is 0. The second-order valence-corrected chi connectivity index (χ2v) is 1.13. The number of rotatable bonds is 5. The van der Waals surface area contributed by atoms with Gasteiger partial charge in [-0.2, -0.15) is 0 Å². The third-order valence-electron chi connectivity index (χ3n) is 0.526. The number of nitrogens with one attached hydrogen (secondary N) is 1. The minimum absolute atomic E-state index is 0.105. The molecule has 1 amide bonds. The largest absolute Gasteiger partial charge is 0.357 e. The minimum atomic E-state index is -0.910. The summed E-state index contributed by atoms with van der Waals surface area (Å²) in [5.74, 6) is 0. The first-order chi connectivity index (χ1) is 4.27. The van der Waals surface area contributed by atoms with Crippen molar-refractivity contribution in [3.05, 3.63) is 10.1 Å².